The molecule has 17 heavy (non-hydrogen) atoms. The molecule has 0 radical (unpaired) electrons. The van der Waals surface area contributed by atoms with E-state index in [9.17, 15) is 4.79 Å². The molecule has 2 heterocycles. The van der Waals surface area contributed by atoms with Gasteiger partial charge in [0.2, 0.25) is 0 Å². The van der Waals surface area contributed by atoms with E-state index in [2.05, 4.69) is 9.97 Å². The summed E-state index contributed by atoms with van der Waals surface area (Å²) in [4.78, 5) is 17.7. The van der Waals surface area contributed by atoms with Crippen LogP contribution in [-0.2, 0) is 0 Å². The normalized spacial score (nSPS) is 11.1. The standard InChI is InChI=1S/C13H12N2O2/c1-2-17-11-7-9-8-5-3-4-6-10(8)14-12(9)13(16)15-11/h3-7,14H,2H2,1H3,(H,15,16). The molecular weight excluding hydrogens is 216 g/mol. The van der Waals surface area contributed by atoms with Crippen LogP contribution in [0.5, 0.6) is 5.88 Å². The number of H-pyrrole nitrogens is 2. The number of para-hydroxylation sites is 1. The lowest BCUT2D eigenvalue weighted by Gasteiger charge is -2.01. The Bertz CT molecular complexity index is 740. The fourth-order valence-corrected chi connectivity index (χ4v) is 2.07. The molecule has 0 atom stereocenters. The zero-order valence-corrected chi connectivity index (χ0v) is 9.41. The molecule has 4 heteroatoms. The van der Waals surface area contributed by atoms with E-state index in [0.717, 1.165) is 16.3 Å². The maximum Gasteiger partial charge on any atom is 0.275 e. The number of aromatic nitrogens is 2. The van der Waals surface area contributed by atoms with E-state index in [-0.39, 0.29) is 5.56 Å². The molecule has 1 aromatic carbocycles. The molecule has 0 spiro atoms. The Morgan fingerprint density at radius 3 is 2.82 bits per heavy atom. The lowest BCUT2D eigenvalue weighted by atomic mass is 10.2. The van der Waals surface area contributed by atoms with Gasteiger partial charge in [0.15, 0.2) is 5.88 Å². The van der Waals surface area contributed by atoms with E-state index in [1.165, 1.54) is 0 Å². The quantitative estimate of drug-likeness (QED) is 0.707. The first-order valence-corrected chi connectivity index (χ1v) is 5.56. The van der Waals surface area contributed by atoms with Gasteiger partial charge in [-0.15, -0.1) is 0 Å². The van der Waals surface area contributed by atoms with E-state index >= 15 is 0 Å². The molecule has 0 amide bonds. The van der Waals surface area contributed by atoms with Gasteiger partial charge < -0.3 is 9.72 Å². The second-order valence-electron chi connectivity index (χ2n) is 3.85. The van der Waals surface area contributed by atoms with Gasteiger partial charge in [-0.2, -0.15) is 0 Å². The van der Waals surface area contributed by atoms with Crippen molar-refractivity contribution < 1.29 is 4.74 Å². The molecule has 0 saturated heterocycles. The zero-order chi connectivity index (χ0) is 11.8. The first kappa shape index (κ1) is 9.96. The van der Waals surface area contributed by atoms with Gasteiger partial charge >= 0.3 is 0 Å². The summed E-state index contributed by atoms with van der Waals surface area (Å²) >= 11 is 0. The van der Waals surface area contributed by atoms with Gasteiger partial charge in [-0.05, 0) is 13.0 Å². The lowest BCUT2D eigenvalue weighted by molar-refractivity contribution is 0.326. The highest BCUT2D eigenvalue weighted by molar-refractivity contribution is 6.07. The molecule has 3 rings (SSSR count). The van der Waals surface area contributed by atoms with Crippen LogP contribution in [0.15, 0.2) is 35.1 Å². The fourth-order valence-electron chi connectivity index (χ4n) is 2.07. The molecule has 0 bridgehead atoms. The number of pyridine rings is 1. The van der Waals surface area contributed by atoms with Crippen LogP contribution in [0, 0.1) is 0 Å². The molecule has 4 nitrogen and oxygen atoms in total. The Morgan fingerprint density at radius 2 is 2.00 bits per heavy atom. The van der Waals surface area contributed by atoms with Gasteiger partial charge in [0.1, 0.15) is 5.52 Å². The molecule has 3 aromatic rings. The Morgan fingerprint density at radius 1 is 1.18 bits per heavy atom. The van der Waals surface area contributed by atoms with Crippen molar-refractivity contribution >= 4 is 21.8 Å². The molecular formula is C13H12N2O2. The minimum absolute atomic E-state index is 0.151. The highest BCUT2D eigenvalue weighted by atomic mass is 16.5. The van der Waals surface area contributed by atoms with Crippen molar-refractivity contribution in [3.05, 3.63) is 40.7 Å². The van der Waals surface area contributed by atoms with Gasteiger partial charge in [0.05, 0.1) is 6.61 Å². The molecule has 0 unspecified atom stereocenters. The van der Waals surface area contributed by atoms with Crippen molar-refractivity contribution in [1.82, 2.24) is 9.97 Å². The molecule has 0 fully saturated rings. The van der Waals surface area contributed by atoms with Crippen molar-refractivity contribution in [2.45, 2.75) is 6.92 Å². The Labute approximate surface area is 97.2 Å². The second-order valence-corrected chi connectivity index (χ2v) is 3.85. The highest BCUT2D eigenvalue weighted by Gasteiger charge is 2.08. The molecule has 2 N–H and O–H groups in total. The van der Waals surface area contributed by atoms with Crippen molar-refractivity contribution in [3.63, 3.8) is 0 Å². The number of aromatic amines is 2. The van der Waals surface area contributed by atoms with Crippen LogP contribution in [0.4, 0.5) is 0 Å². The van der Waals surface area contributed by atoms with Crippen LogP contribution in [0.25, 0.3) is 21.8 Å². The number of fused-ring (bicyclic) bond motifs is 3. The van der Waals surface area contributed by atoms with Crippen LogP contribution in [0.3, 0.4) is 0 Å². The third kappa shape index (κ3) is 1.49. The SMILES string of the molecule is CCOc1cc2c([nH]c3ccccc32)c(=O)[nH]1. The molecule has 0 saturated carbocycles. The zero-order valence-electron chi connectivity index (χ0n) is 9.41. The minimum Gasteiger partial charge on any atom is -0.479 e. The van der Waals surface area contributed by atoms with Crippen LogP contribution in [0.2, 0.25) is 0 Å². The summed E-state index contributed by atoms with van der Waals surface area (Å²) in [5.74, 6) is 0.509. The van der Waals surface area contributed by atoms with Gasteiger partial charge in [0.25, 0.3) is 5.56 Å². The summed E-state index contributed by atoms with van der Waals surface area (Å²) in [5, 5.41) is 1.93. The second kappa shape index (κ2) is 3.66. The van der Waals surface area contributed by atoms with Crippen molar-refractivity contribution in [1.29, 1.82) is 0 Å². The largest absolute Gasteiger partial charge is 0.479 e. The summed E-state index contributed by atoms with van der Waals surface area (Å²) < 4.78 is 5.34. The van der Waals surface area contributed by atoms with Gasteiger partial charge in [-0.3, -0.25) is 9.78 Å². The van der Waals surface area contributed by atoms with Gasteiger partial charge in [0, 0.05) is 22.4 Å². The first-order chi connectivity index (χ1) is 8.29. The minimum atomic E-state index is -0.151. The Hall–Kier alpha value is -2.23. The maximum atomic E-state index is 11.9. The number of benzene rings is 1. The third-order valence-electron chi connectivity index (χ3n) is 2.79. The molecule has 0 aliphatic rings. The summed E-state index contributed by atoms with van der Waals surface area (Å²) in [6, 6.07) is 9.70. The van der Waals surface area contributed by atoms with E-state index in [4.69, 9.17) is 4.74 Å². The monoisotopic (exact) mass is 228 g/mol. The van der Waals surface area contributed by atoms with Gasteiger partial charge in [-0.1, -0.05) is 18.2 Å². The number of hydrogen-bond donors (Lipinski definition) is 2. The van der Waals surface area contributed by atoms with Crippen molar-refractivity contribution in [3.8, 4) is 5.88 Å². The van der Waals surface area contributed by atoms with E-state index in [1.54, 1.807) is 0 Å². The number of rotatable bonds is 2. The van der Waals surface area contributed by atoms with Crippen LogP contribution in [0.1, 0.15) is 6.92 Å². The molecule has 0 aliphatic carbocycles. The number of nitrogens with one attached hydrogen (secondary N) is 2. The summed E-state index contributed by atoms with van der Waals surface area (Å²) in [6.45, 7) is 2.42. The summed E-state index contributed by atoms with van der Waals surface area (Å²) in [7, 11) is 0. The van der Waals surface area contributed by atoms with Crippen LogP contribution < -0.4 is 10.3 Å². The Balaban J connectivity index is 2.42. The Kier molecular flexibility index (Phi) is 2.14. The lowest BCUT2D eigenvalue weighted by Crippen LogP contribution is -2.08. The first-order valence-electron chi connectivity index (χ1n) is 5.56. The predicted molar refractivity (Wildman–Crippen MR) is 67.6 cm³/mol. The number of ether oxygens (including phenoxy) is 1. The highest BCUT2D eigenvalue weighted by Crippen LogP contribution is 2.24. The third-order valence-corrected chi connectivity index (χ3v) is 2.79. The van der Waals surface area contributed by atoms with E-state index in [0.29, 0.717) is 18.0 Å². The van der Waals surface area contributed by atoms with E-state index < -0.39 is 0 Å². The van der Waals surface area contributed by atoms with E-state index in [1.807, 2.05) is 37.3 Å². The maximum absolute atomic E-state index is 11.9. The average Bonchev–Trinajstić information content (AvgIpc) is 2.69. The topological polar surface area (TPSA) is 57.9 Å². The predicted octanol–water partition coefficient (Wildman–Crippen LogP) is 2.41. The van der Waals surface area contributed by atoms with Crippen molar-refractivity contribution in [2.24, 2.45) is 0 Å². The van der Waals surface area contributed by atoms with Crippen molar-refractivity contribution in [2.75, 3.05) is 6.61 Å². The van der Waals surface area contributed by atoms with Crippen LogP contribution >= 0.6 is 0 Å². The molecule has 2 aromatic heterocycles. The summed E-state index contributed by atoms with van der Waals surface area (Å²) in [6.07, 6.45) is 0. The number of hydrogen-bond acceptors (Lipinski definition) is 2. The molecule has 0 aliphatic heterocycles. The van der Waals surface area contributed by atoms with Crippen LogP contribution in [-0.4, -0.2) is 16.6 Å². The summed E-state index contributed by atoms with van der Waals surface area (Å²) in [5.41, 5.74) is 1.40. The molecule has 86 valence electrons. The average molecular weight is 228 g/mol. The van der Waals surface area contributed by atoms with Gasteiger partial charge in [-0.25, -0.2) is 0 Å². The smallest absolute Gasteiger partial charge is 0.275 e. The fraction of sp³-hybridized carbons (Fsp3) is 0.154.